The summed E-state index contributed by atoms with van der Waals surface area (Å²) in [6, 6.07) is 50.3. The van der Waals surface area contributed by atoms with Crippen LogP contribution in [0.5, 0.6) is 0 Å². The van der Waals surface area contributed by atoms with Crippen LogP contribution in [0, 0.1) is 13.8 Å². The zero-order valence-electron chi connectivity index (χ0n) is 25.6. The predicted molar refractivity (Wildman–Crippen MR) is 189 cm³/mol. The Morgan fingerprint density at radius 2 is 0.935 bits per heavy atom. The second kappa shape index (κ2) is 11.5. The number of benzene rings is 5. The first kappa shape index (κ1) is 27.5. The molecule has 0 radical (unpaired) electrons. The van der Waals surface area contributed by atoms with Crippen LogP contribution in [0.1, 0.15) is 11.3 Å². The van der Waals surface area contributed by atoms with Crippen molar-refractivity contribution in [3.63, 3.8) is 0 Å². The molecule has 4 nitrogen and oxygen atoms in total. The number of pyridine rings is 2. The molecule has 0 unspecified atom stereocenters. The van der Waals surface area contributed by atoms with Crippen LogP contribution in [0.15, 0.2) is 146 Å². The first-order chi connectivity index (χ1) is 22.6. The molecular weight excluding hydrogens is 560 g/mol. The lowest BCUT2D eigenvalue weighted by atomic mass is 9.99. The largest absolute Gasteiger partial charge is 0.251 e. The Labute approximate surface area is 268 Å². The van der Waals surface area contributed by atoms with Gasteiger partial charge < -0.3 is 0 Å². The van der Waals surface area contributed by atoms with Gasteiger partial charge in [0.25, 0.3) is 0 Å². The minimum Gasteiger partial charge on any atom is -0.251 e. The molecular formula is C42H30N4. The Morgan fingerprint density at radius 3 is 1.61 bits per heavy atom. The molecule has 4 heteroatoms. The quantitative estimate of drug-likeness (QED) is 0.187. The number of nitrogens with zero attached hydrogens (tertiary/aromatic N) is 4. The smallest absolute Gasteiger partial charge is 0.160 e. The highest BCUT2D eigenvalue weighted by molar-refractivity contribution is 6.04. The van der Waals surface area contributed by atoms with Gasteiger partial charge in [0, 0.05) is 38.7 Å². The molecule has 218 valence electrons. The standard InChI is InChI=1S/C42H30N4/c1-27-23-28(2)43-41-36(27)21-19-31-20-22-37(44-40(31)41)34-17-9-15-32(24-34)33-16-10-18-35(25-33)42-45-38(29-11-5-3-6-12-29)26-39(46-42)30-13-7-4-8-14-30/h3-26H,1-2H3. The van der Waals surface area contributed by atoms with E-state index in [0.717, 1.165) is 78.0 Å². The number of hydrogen-bond acceptors (Lipinski definition) is 4. The van der Waals surface area contributed by atoms with Gasteiger partial charge in [0.1, 0.15) is 0 Å². The van der Waals surface area contributed by atoms with Gasteiger partial charge in [-0.3, -0.25) is 4.98 Å². The molecule has 0 spiro atoms. The molecule has 0 saturated heterocycles. The third-order valence-corrected chi connectivity index (χ3v) is 8.45. The van der Waals surface area contributed by atoms with Crippen molar-refractivity contribution in [3.05, 3.63) is 157 Å². The number of aromatic nitrogens is 4. The topological polar surface area (TPSA) is 51.6 Å². The first-order valence-corrected chi connectivity index (χ1v) is 15.5. The van der Waals surface area contributed by atoms with E-state index in [1.165, 1.54) is 5.56 Å². The first-order valence-electron chi connectivity index (χ1n) is 15.5. The zero-order chi connectivity index (χ0) is 31.0. The summed E-state index contributed by atoms with van der Waals surface area (Å²) in [5.41, 5.74) is 13.1. The van der Waals surface area contributed by atoms with E-state index in [9.17, 15) is 0 Å². The van der Waals surface area contributed by atoms with Crippen LogP contribution in [0.3, 0.4) is 0 Å². The summed E-state index contributed by atoms with van der Waals surface area (Å²) >= 11 is 0. The van der Waals surface area contributed by atoms with Gasteiger partial charge in [-0.25, -0.2) is 15.0 Å². The Morgan fingerprint density at radius 1 is 0.370 bits per heavy atom. The summed E-state index contributed by atoms with van der Waals surface area (Å²) < 4.78 is 0. The molecule has 0 saturated carbocycles. The fourth-order valence-corrected chi connectivity index (χ4v) is 6.15. The lowest BCUT2D eigenvalue weighted by Crippen LogP contribution is -1.96. The summed E-state index contributed by atoms with van der Waals surface area (Å²) in [6.07, 6.45) is 0. The van der Waals surface area contributed by atoms with Crippen molar-refractivity contribution in [1.82, 2.24) is 19.9 Å². The number of aryl methyl sites for hydroxylation is 2. The number of fused-ring (bicyclic) bond motifs is 3. The van der Waals surface area contributed by atoms with E-state index in [0.29, 0.717) is 5.82 Å². The van der Waals surface area contributed by atoms with E-state index in [2.05, 4.69) is 116 Å². The van der Waals surface area contributed by atoms with Crippen LogP contribution < -0.4 is 0 Å². The van der Waals surface area contributed by atoms with Gasteiger partial charge in [-0.1, -0.05) is 115 Å². The Hall–Kier alpha value is -6.00. The fraction of sp³-hybridized carbons (Fsp3) is 0.0476. The average molecular weight is 591 g/mol. The van der Waals surface area contributed by atoms with E-state index in [4.69, 9.17) is 19.9 Å². The van der Waals surface area contributed by atoms with Crippen LogP contribution in [0.2, 0.25) is 0 Å². The summed E-state index contributed by atoms with van der Waals surface area (Å²) in [5.74, 6) is 0.694. The normalized spacial score (nSPS) is 11.3. The van der Waals surface area contributed by atoms with Crippen LogP contribution >= 0.6 is 0 Å². The lowest BCUT2D eigenvalue weighted by Gasteiger charge is -2.11. The monoisotopic (exact) mass is 590 g/mol. The lowest BCUT2D eigenvalue weighted by molar-refractivity contribution is 1.18. The molecule has 3 heterocycles. The summed E-state index contributed by atoms with van der Waals surface area (Å²) in [7, 11) is 0. The fourth-order valence-electron chi connectivity index (χ4n) is 6.15. The molecule has 0 amide bonds. The molecule has 0 aliphatic heterocycles. The minimum absolute atomic E-state index is 0.694. The third kappa shape index (κ3) is 5.20. The SMILES string of the molecule is Cc1cc(C)c2ccc3ccc(-c4cccc(-c5cccc(-c6nc(-c7ccccc7)cc(-c7ccccc7)n6)c5)c4)nc3c2n1. The van der Waals surface area contributed by atoms with Crippen molar-refractivity contribution in [2.75, 3.05) is 0 Å². The second-order valence-corrected chi connectivity index (χ2v) is 11.7. The Kier molecular flexibility index (Phi) is 6.88. The van der Waals surface area contributed by atoms with Gasteiger partial charge in [-0.2, -0.15) is 0 Å². The predicted octanol–water partition coefficient (Wildman–Crippen LogP) is 10.5. The molecule has 0 atom stereocenters. The Bertz CT molecular complexity index is 2320. The molecule has 0 bridgehead atoms. The summed E-state index contributed by atoms with van der Waals surface area (Å²) in [6.45, 7) is 4.17. The maximum atomic E-state index is 5.15. The molecule has 0 aliphatic carbocycles. The van der Waals surface area contributed by atoms with E-state index in [1.807, 2.05) is 43.3 Å². The van der Waals surface area contributed by atoms with Crippen molar-refractivity contribution >= 4 is 21.8 Å². The molecule has 46 heavy (non-hydrogen) atoms. The summed E-state index contributed by atoms with van der Waals surface area (Å²) in [5, 5.41) is 2.23. The van der Waals surface area contributed by atoms with Crippen LogP contribution in [0.25, 0.3) is 78.1 Å². The molecule has 5 aromatic carbocycles. The molecule has 8 rings (SSSR count). The van der Waals surface area contributed by atoms with Gasteiger partial charge in [0.2, 0.25) is 0 Å². The van der Waals surface area contributed by atoms with Crippen LogP contribution in [-0.4, -0.2) is 19.9 Å². The number of rotatable bonds is 5. The molecule has 8 aromatic rings. The van der Waals surface area contributed by atoms with Gasteiger partial charge in [0.05, 0.1) is 28.1 Å². The van der Waals surface area contributed by atoms with Crippen molar-refractivity contribution < 1.29 is 0 Å². The van der Waals surface area contributed by atoms with E-state index in [-0.39, 0.29) is 0 Å². The highest BCUT2D eigenvalue weighted by Gasteiger charge is 2.13. The van der Waals surface area contributed by atoms with Gasteiger partial charge in [-0.15, -0.1) is 0 Å². The van der Waals surface area contributed by atoms with E-state index in [1.54, 1.807) is 0 Å². The van der Waals surface area contributed by atoms with Crippen molar-refractivity contribution in [2.45, 2.75) is 13.8 Å². The average Bonchev–Trinajstić information content (AvgIpc) is 3.12. The molecule has 3 aromatic heterocycles. The number of hydrogen-bond donors (Lipinski definition) is 0. The van der Waals surface area contributed by atoms with E-state index >= 15 is 0 Å². The molecule has 0 aliphatic rings. The minimum atomic E-state index is 0.694. The van der Waals surface area contributed by atoms with E-state index < -0.39 is 0 Å². The van der Waals surface area contributed by atoms with Crippen molar-refractivity contribution in [3.8, 4) is 56.3 Å². The van der Waals surface area contributed by atoms with Crippen LogP contribution in [-0.2, 0) is 0 Å². The highest BCUT2D eigenvalue weighted by atomic mass is 14.9. The Balaban J connectivity index is 1.21. The molecule has 0 fully saturated rings. The van der Waals surface area contributed by atoms with Gasteiger partial charge >= 0.3 is 0 Å². The maximum absolute atomic E-state index is 5.15. The van der Waals surface area contributed by atoms with Gasteiger partial charge in [-0.05, 0) is 60.9 Å². The third-order valence-electron chi connectivity index (χ3n) is 8.45. The van der Waals surface area contributed by atoms with Gasteiger partial charge in [0.15, 0.2) is 5.82 Å². The maximum Gasteiger partial charge on any atom is 0.160 e. The van der Waals surface area contributed by atoms with Crippen LogP contribution in [0.4, 0.5) is 0 Å². The summed E-state index contributed by atoms with van der Waals surface area (Å²) in [4.78, 5) is 20.1. The zero-order valence-corrected chi connectivity index (χ0v) is 25.6. The van der Waals surface area contributed by atoms with Crippen molar-refractivity contribution in [2.24, 2.45) is 0 Å². The second-order valence-electron chi connectivity index (χ2n) is 11.7. The highest BCUT2D eigenvalue weighted by Crippen LogP contribution is 2.33. The van der Waals surface area contributed by atoms with Crippen molar-refractivity contribution in [1.29, 1.82) is 0 Å². The molecule has 0 N–H and O–H groups in total.